The first-order chi connectivity index (χ1) is 17.2. The molecule has 0 radical (unpaired) electrons. The van der Waals surface area contributed by atoms with Crippen molar-refractivity contribution in [3.05, 3.63) is 78.4 Å². The molecule has 0 bridgehead atoms. The fourth-order valence-corrected chi connectivity index (χ4v) is 4.42. The van der Waals surface area contributed by atoms with Crippen molar-refractivity contribution in [3.8, 4) is 22.9 Å². The smallest absolute Gasteiger partial charge is 0.348 e. The largest absolute Gasteiger partial charge is 0.496 e. The highest BCUT2D eigenvalue weighted by molar-refractivity contribution is 7.13. The van der Waals surface area contributed by atoms with Crippen molar-refractivity contribution in [2.75, 3.05) is 21.3 Å². The van der Waals surface area contributed by atoms with Gasteiger partial charge in [0.25, 0.3) is 5.56 Å². The van der Waals surface area contributed by atoms with Crippen molar-refractivity contribution in [1.29, 1.82) is 0 Å². The second-order valence-electron chi connectivity index (χ2n) is 7.20. The average Bonchev–Trinajstić information content (AvgIpc) is 3.29. The number of nitrogens with zero attached hydrogens (tertiary/aromatic N) is 1. The number of thiophene rings is 1. The quantitative estimate of drug-likeness (QED) is 0.370. The van der Waals surface area contributed by atoms with Gasteiger partial charge in [-0.25, -0.2) is 27.3 Å². The number of benzene rings is 2. The van der Waals surface area contributed by atoms with Crippen LogP contribution in [0, 0.1) is 17.5 Å². The van der Waals surface area contributed by atoms with E-state index in [4.69, 9.17) is 14.2 Å². The molecule has 2 aromatic heterocycles. The van der Waals surface area contributed by atoms with Gasteiger partial charge in [-0.3, -0.25) is 4.79 Å². The van der Waals surface area contributed by atoms with Crippen LogP contribution in [0.25, 0.3) is 16.6 Å². The van der Waals surface area contributed by atoms with Gasteiger partial charge in [-0.15, -0.1) is 11.3 Å². The van der Waals surface area contributed by atoms with Gasteiger partial charge in [0.15, 0.2) is 29.0 Å². The molecule has 2 heterocycles. The number of H-pyrrole nitrogens is 1. The lowest BCUT2D eigenvalue weighted by molar-refractivity contribution is 0.0608. The average molecular weight is 522 g/mol. The molecule has 4 aromatic rings. The molecule has 4 rings (SSSR count). The Bertz CT molecular complexity index is 1610. The second kappa shape index (κ2) is 9.77. The number of hydrogen-bond acceptors (Lipinski definition) is 8. The van der Waals surface area contributed by atoms with Crippen molar-refractivity contribution in [2.45, 2.75) is 6.61 Å². The zero-order valence-electron chi connectivity index (χ0n) is 18.9. The summed E-state index contributed by atoms with van der Waals surface area (Å²) in [7, 11) is 3.60. The van der Waals surface area contributed by atoms with Gasteiger partial charge >= 0.3 is 11.7 Å². The molecule has 0 spiro atoms. The van der Waals surface area contributed by atoms with E-state index >= 15 is 4.39 Å². The molecule has 0 aliphatic carbocycles. The van der Waals surface area contributed by atoms with E-state index < -0.39 is 47.0 Å². The maximum Gasteiger partial charge on any atom is 0.348 e. The summed E-state index contributed by atoms with van der Waals surface area (Å²) in [5.41, 5.74) is -2.70. The zero-order chi connectivity index (χ0) is 26.1. The van der Waals surface area contributed by atoms with Crippen molar-refractivity contribution in [3.63, 3.8) is 0 Å². The van der Waals surface area contributed by atoms with Crippen molar-refractivity contribution >= 4 is 28.2 Å². The van der Waals surface area contributed by atoms with E-state index in [1.54, 1.807) is 0 Å². The summed E-state index contributed by atoms with van der Waals surface area (Å²) < 4.78 is 64.0. The Kier molecular flexibility index (Phi) is 6.75. The first-order valence-electron chi connectivity index (χ1n) is 10.1. The van der Waals surface area contributed by atoms with Gasteiger partial charge in [-0.1, -0.05) is 0 Å². The maximum absolute atomic E-state index is 15.0. The summed E-state index contributed by atoms with van der Waals surface area (Å²) >= 11 is 0.873. The van der Waals surface area contributed by atoms with Crippen molar-refractivity contribution < 1.29 is 36.9 Å². The predicted molar refractivity (Wildman–Crippen MR) is 123 cm³/mol. The van der Waals surface area contributed by atoms with Crippen LogP contribution in [0.15, 0.2) is 39.2 Å². The minimum Gasteiger partial charge on any atom is -0.496 e. The van der Waals surface area contributed by atoms with Crippen LogP contribution in [0.3, 0.4) is 0 Å². The van der Waals surface area contributed by atoms with Gasteiger partial charge in [0.2, 0.25) is 0 Å². The highest BCUT2D eigenvalue weighted by Gasteiger charge is 2.23. The highest BCUT2D eigenvalue weighted by Crippen LogP contribution is 2.34. The van der Waals surface area contributed by atoms with E-state index in [9.17, 15) is 23.2 Å². The second-order valence-corrected chi connectivity index (χ2v) is 8.08. The van der Waals surface area contributed by atoms with Crippen LogP contribution >= 0.6 is 11.3 Å². The number of fused-ring (bicyclic) bond motifs is 1. The van der Waals surface area contributed by atoms with Crippen molar-refractivity contribution in [1.82, 2.24) is 9.55 Å². The summed E-state index contributed by atoms with van der Waals surface area (Å²) in [5.74, 6) is -4.52. The van der Waals surface area contributed by atoms with Gasteiger partial charge in [0.1, 0.15) is 17.2 Å². The highest BCUT2D eigenvalue weighted by atomic mass is 32.1. The zero-order valence-corrected chi connectivity index (χ0v) is 19.8. The van der Waals surface area contributed by atoms with E-state index in [0.29, 0.717) is 4.57 Å². The van der Waals surface area contributed by atoms with Crippen LogP contribution in [0.5, 0.6) is 17.2 Å². The number of rotatable bonds is 7. The number of ether oxygens (including phenoxy) is 4. The first kappa shape index (κ1) is 24.9. The van der Waals surface area contributed by atoms with Crippen molar-refractivity contribution in [2.24, 2.45) is 0 Å². The number of esters is 1. The molecule has 9 nitrogen and oxygen atoms in total. The Balaban J connectivity index is 1.85. The summed E-state index contributed by atoms with van der Waals surface area (Å²) in [5, 5.41) is 1.21. The summed E-state index contributed by atoms with van der Waals surface area (Å²) in [4.78, 5) is 40.3. The standard InChI is InChI=1S/C23H17F3N2O7S/c1-32-15-5-4-11(24)19(26)10(15)8-35-17-7-14(12(25)6-16(17)33-2)28-21(29)18-13(27-23(28)31)9-36-20(18)22(30)34-3/h4-7,9H,8H2,1-3H3,(H,27,31). The normalized spacial score (nSPS) is 10.9. The molecule has 36 heavy (non-hydrogen) atoms. The fourth-order valence-electron chi connectivity index (χ4n) is 3.52. The molecule has 1 N–H and O–H groups in total. The van der Waals surface area contributed by atoms with Gasteiger partial charge in [0.05, 0.1) is 43.5 Å². The Morgan fingerprint density at radius 3 is 2.39 bits per heavy atom. The number of methoxy groups -OCH3 is 3. The van der Waals surface area contributed by atoms with Gasteiger partial charge in [0, 0.05) is 17.5 Å². The van der Waals surface area contributed by atoms with Crippen LogP contribution in [-0.4, -0.2) is 36.8 Å². The first-order valence-corrected chi connectivity index (χ1v) is 11.0. The molecule has 0 saturated heterocycles. The number of hydrogen-bond donors (Lipinski definition) is 1. The van der Waals surface area contributed by atoms with E-state index in [-0.39, 0.29) is 38.6 Å². The molecule has 0 aliphatic heterocycles. The minimum atomic E-state index is -1.21. The fraction of sp³-hybridized carbons (Fsp3) is 0.174. The molecular weight excluding hydrogens is 505 g/mol. The maximum atomic E-state index is 15.0. The van der Waals surface area contributed by atoms with Crippen LogP contribution < -0.4 is 25.5 Å². The lowest BCUT2D eigenvalue weighted by Crippen LogP contribution is -2.34. The van der Waals surface area contributed by atoms with E-state index in [1.807, 2.05) is 0 Å². The van der Waals surface area contributed by atoms with Crippen LogP contribution in [0.4, 0.5) is 13.2 Å². The molecule has 0 amide bonds. The SMILES string of the molecule is COC(=O)c1scc2[nH]c(=O)n(-c3cc(OCc4c(OC)ccc(F)c4F)c(OC)cc3F)c(=O)c12. The summed E-state index contributed by atoms with van der Waals surface area (Å²) in [6, 6.07) is 3.94. The molecular formula is C23H17F3N2O7S. The van der Waals surface area contributed by atoms with Gasteiger partial charge < -0.3 is 23.9 Å². The molecule has 0 unspecified atom stereocenters. The van der Waals surface area contributed by atoms with E-state index in [1.165, 1.54) is 25.7 Å². The Morgan fingerprint density at radius 1 is 1.00 bits per heavy atom. The Morgan fingerprint density at radius 2 is 1.72 bits per heavy atom. The number of aromatic nitrogens is 2. The van der Waals surface area contributed by atoms with E-state index in [2.05, 4.69) is 9.72 Å². The third-order valence-corrected chi connectivity index (χ3v) is 6.20. The lowest BCUT2D eigenvalue weighted by Gasteiger charge is -2.16. The number of aromatic amines is 1. The molecule has 2 aromatic carbocycles. The Hall–Kier alpha value is -4.26. The van der Waals surface area contributed by atoms with Crippen LogP contribution in [0.1, 0.15) is 15.2 Å². The Labute approximate surface area is 204 Å². The molecule has 0 fully saturated rings. The van der Waals surface area contributed by atoms with Gasteiger partial charge in [-0.2, -0.15) is 0 Å². The molecule has 0 atom stereocenters. The number of carbonyl (C=O) groups is 1. The van der Waals surface area contributed by atoms with Crippen LogP contribution in [-0.2, 0) is 11.3 Å². The molecule has 13 heteroatoms. The van der Waals surface area contributed by atoms with Gasteiger partial charge in [-0.05, 0) is 12.1 Å². The molecule has 188 valence electrons. The van der Waals surface area contributed by atoms with Crippen LogP contribution in [0.2, 0.25) is 0 Å². The predicted octanol–water partition coefficient (Wildman–Crippen LogP) is 3.54. The molecule has 0 saturated carbocycles. The molecule has 0 aliphatic rings. The minimum absolute atomic E-state index is 0.00103. The summed E-state index contributed by atoms with van der Waals surface area (Å²) in [6.07, 6.45) is 0. The number of carbonyl (C=O) groups excluding carboxylic acids is 1. The third kappa shape index (κ3) is 4.17. The topological polar surface area (TPSA) is 109 Å². The third-order valence-electron chi connectivity index (χ3n) is 5.24. The number of halogens is 3. The van der Waals surface area contributed by atoms with E-state index in [0.717, 1.165) is 36.6 Å². The monoisotopic (exact) mass is 522 g/mol. The number of nitrogens with one attached hydrogen (secondary N) is 1. The lowest BCUT2D eigenvalue weighted by atomic mass is 10.2. The summed E-state index contributed by atoms with van der Waals surface area (Å²) in [6.45, 7) is -0.560.